The number of hydrazone groups is 1. The second-order valence-corrected chi connectivity index (χ2v) is 6.94. The van der Waals surface area contributed by atoms with Gasteiger partial charge in [-0.15, -0.1) is 11.3 Å². The van der Waals surface area contributed by atoms with Crippen LogP contribution in [0.15, 0.2) is 53.6 Å². The van der Waals surface area contributed by atoms with Crippen molar-refractivity contribution in [2.24, 2.45) is 5.10 Å². The lowest BCUT2D eigenvalue weighted by molar-refractivity contribution is 1.13. The third-order valence-electron chi connectivity index (χ3n) is 3.73. The van der Waals surface area contributed by atoms with Crippen LogP contribution in [0.4, 0.5) is 5.13 Å². The van der Waals surface area contributed by atoms with Crippen LogP contribution in [-0.4, -0.2) is 11.2 Å². The summed E-state index contributed by atoms with van der Waals surface area (Å²) in [6, 6.07) is 16.0. The maximum atomic E-state index is 6.27. The lowest BCUT2D eigenvalue weighted by atomic mass is 10.1. The fourth-order valence-electron chi connectivity index (χ4n) is 2.49. The number of thiazole rings is 1. The van der Waals surface area contributed by atoms with Crippen LogP contribution in [0.3, 0.4) is 0 Å². The number of nitrogens with one attached hydrogen (secondary N) is 1. The Balaban J connectivity index is 1.79. The molecule has 0 bridgehead atoms. The van der Waals surface area contributed by atoms with Gasteiger partial charge in [-0.3, -0.25) is 5.43 Å². The molecular weight excluding hydrogens is 338 g/mol. The van der Waals surface area contributed by atoms with E-state index in [-0.39, 0.29) is 0 Å². The molecule has 0 aliphatic rings. The number of aromatic nitrogens is 1. The molecule has 0 aliphatic carbocycles. The van der Waals surface area contributed by atoms with Gasteiger partial charge in [-0.1, -0.05) is 61.0 Å². The highest BCUT2D eigenvalue weighted by molar-refractivity contribution is 7.16. The van der Waals surface area contributed by atoms with Crippen molar-refractivity contribution in [2.45, 2.75) is 20.3 Å². The molecule has 1 aromatic heterocycles. The topological polar surface area (TPSA) is 37.3 Å². The number of halogens is 1. The minimum absolute atomic E-state index is 0.706. The van der Waals surface area contributed by atoms with E-state index >= 15 is 0 Å². The molecule has 0 amide bonds. The second kappa shape index (κ2) is 7.60. The lowest BCUT2D eigenvalue weighted by Gasteiger charge is -2.01. The van der Waals surface area contributed by atoms with Crippen molar-refractivity contribution in [2.75, 3.05) is 5.43 Å². The first-order valence-corrected chi connectivity index (χ1v) is 8.97. The summed E-state index contributed by atoms with van der Waals surface area (Å²) < 4.78 is 0. The minimum atomic E-state index is 0.706. The van der Waals surface area contributed by atoms with Gasteiger partial charge in [0, 0.05) is 15.5 Å². The van der Waals surface area contributed by atoms with Crippen LogP contribution in [0.25, 0.3) is 11.3 Å². The average Bonchev–Trinajstić information content (AvgIpc) is 2.96. The molecule has 3 nitrogen and oxygen atoms in total. The summed E-state index contributed by atoms with van der Waals surface area (Å²) in [5.74, 6) is 0. The first kappa shape index (κ1) is 16.7. The van der Waals surface area contributed by atoms with E-state index in [1.165, 1.54) is 5.56 Å². The van der Waals surface area contributed by atoms with Crippen LogP contribution in [-0.2, 0) is 6.42 Å². The number of anilines is 1. The number of benzene rings is 2. The largest absolute Gasteiger partial charge is 0.253 e. The summed E-state index contributed by atoms with van der Waals surface area (Å²) in [6.07, 6.45) is 2.82. The molecule has 3 rings (SSSR count). The van der Waals surface area contributed by atoms with E-state index < -0.39 is 0 Å². The molecule has 0 atom stereocenters. The zero-order chi connectivity index (χ0) is 16.9. The van der Waals surface area contributed by atoms with Crippen molar-refractivity contribution in [1.29, 1.82) is 0 Å². The Morgan fingerprint density at radius 3 is 2.71 bits per heavy atom. The number of hydrogen-bond acceptors (Lipinski definition) is 4. The fraction of sp³-hybridized carbons (Fsp3) is 0.158. The second-order valence-electron chi connectivity index (χ2n) is 5.33. The van der Waals surface area contributed by atoms with E-state index in [0.717, 1.165) is 33.3 Å². The number of rotatable bonds is 5. The van der Waals surface area contributed by atoms with Gasteiger partial charge in [0.05, 0.1) is 11.9 Å². The Bertz CT molecular complexity index is 871. The first-order chi connectivity index (χ1) is 11.7. The van der Waals surface area contributed by atoms with Gasteiger partial charge < -0.3 is 0 Å². The van der Waals surface area contributed by atoms with Gasteiger partial charge in [0.2, 0.25) is 5.13 Å². The van der Waals surface area contributed by atoms with Crippen LogP contribution in [0, 0.1) is 6.92 Å². The zero-order valence-electron chi connectivity index (χ0n) is 13.6. The van der Waals surface area contributed by atoms with Gasteiger partial charge in [-0.05, 0) is 30.5 Å². The Kier molecular flexibility index (Phi) is 5.28. The predicted molar refractivity (Wildman–Crippen MR) is 104 cm³/mol. The van der Waals surface area contributed by atoms with E-state index in [2.05, 4.69) is 34.6 Å². The summed E-state index contributed by atoms with van der Waals surface area (Å²) in [5.41, 5.74) is 7.27. The van der Waals surface area contributed by atoms with E-state index in [4.69, 9.17) is 11.6 Å². The summed E-state index contributed by atoms with van der Waals surface area (Å²) in [7, 11) is 0. The third-order valence-corrected chi connectivity index (χ3v) is 4.93. The predicted octanol–water partition coefficient (Wildman–Crippen LogP) is 5.78. The molecule has 1 heterocycles. The van der Waals surface area contributed by atoms with Crippen molar-refractivity contribution in [3.05, 3.63) is 69.6 Å². The van der Waals surface area contributed by atoms with E-state index in [0.29, 0.717) is 5.02 Å². The van der Waals surface area contributed by atoms with Gasteiger partial charge >= 0.3 is 0 Å². The van der Waals surface area contributed by atoms with Gasteiger partial charge in [0.25, 0.3) is 0 Å². The van der Waals surface area contributed by atoms with Crippen molar-refractivity contribution in [1.82, 2.24) is 4.98 Å². The molecule has 0 unspecified atom stereocenters. The molecule has 122 valence electrons. The molecule has 0 saturated heterocycles. The molecule has 24 heavy (non-hydrogen) atoms. The average molecular weight is 356 g/mol. The van der Waals surface area contributed by atoms with Crippen LogP contribution < -0.4 is 5.43 Å². The standard InChI is InChI=1S/C19H18ClN3S/c1-3-14-8-4-5-9-15(14)12-21-23-19-22-18(13(2)24-19)16-10-6-7-11-17(16)20/h4-12H,3H2,1-2H3,(H,22,23)/b21-12+. The normalized spacial score (nSPS) is 11.1. The smallest absolute Gasteiger partial charge is 0.204 e. The first-order valence-electron chi connectivity index (χ1n) is 7.78. The molecule has 2 aromatic carbocycles. The highest BCUT2D eigenvalue weighted by Gasteiger charge is 2.12. The van der Waals surface area contributed by atoms with Crippen molar-refractivity contribution in [3.63, 3.8) is 0 Å². The molecule has 0 saturated carbocycles. The molecule has 3 aromatic rings. The molecule has 5 heteroatoms. The lowest BCUT2D eigenvalue weighted by Crippen LogP contribution is -1.94. The van der Waals surface area contributed by atoms with E-state index in [9.17, 15) is 0 Å². The van der Waals surface area contributed by atoms with Crippen LogP contribution in [0.2, 0.25) is 5.02 Å². The Morgan fingerprint density at radius 1 is 1.17 bits per heavy atom. The Labute approximate surface area is 151 Å². The van der Waals surface area contributed by atoms with Crippen molar-refractivity contribution in [3.8, 4) is 11.3 Å². The zero-order valence-corrected chi connectivity index (χ0v) is 15.2. The molecular formula is C19H18ClN3S. The highest BCUT2D eigenvalue weighted by Crippen LogP contribution is 2.34. The van der Waals surface area contributed by atoms with Gasteiger partial charge in [-0.2, -0.15) is 5.10 Å². The number of hydrogen-bond donors (Lipinski definition) is 1. The van der Waals surface area contributed by atoms with Gasteiger partial charge in [0.1, 0.15) is 0 Å². The SMILES string of the molecule is CCc1ccccc1/C=N/Nc1nc(-c2ccccc2Cl)c(C)s1. The maximum Gasteiger partial charge on any atom is 0.204 e. The third kappa shape index (κ3) is 3.66. The molecule has 0 radical (unpaired) electrons. The monoisotopic (exact) mass is 355 g/mol. The van der Waals surface area contributed by atoms with Crippen LogP contribution in [0.5, 0.6) is 0 Å². The quantitative estimate of drug-likeness (QED) is 0.465. The summed E-state index contributed by atoms with van der Waals surface area (Å²) in [6.45, 7) is 4.18. The summed E-state index contributed by atoms with van der Waals surface area (Å²) >= 11 is 7.84. The Morgan fingerprint density at radius 2 is 1.92 bits per heavy atom. The van der Waals surface area contributed by atoms with Crippen LogP contribution >= 0.6 is 22.9 Å². The van der Waals surface area contributed by atoms with Gasteiger partial charge in [-0.25, -0.2) is 4.98 Å². The van der Waals surface area contributed by atoms with Crippen molar-refractivity contribution >= 4 is 34.3 Å². The molecule has 0 fully saturated rings. The van der Waals surface area contributed by atoms with Gasteiger partial charge in [0.15, 0.2) is 0 Å². The van der Waals surface area contributed by atoms with Crippen LogP contribution in [0.1, 0.15) is 22.9 Å². The highest BCUT2D eigenvalue weighted by atomic mass is 35.5. The van der Waals surface area contributed by atoms with E-state index in [1.54, 1.807) is 11.3 Å². The molecule has 0 spiro atoms. The maximum absolute atomic E-state index is 6.27. The van der Waals surface area contributed by atoms with E-state index in [1.807, 2.05) is 49.5 Å². The minimum Gasteiger partial charge on any atom is -0.253 e. The molecule has 1 N–H and O–H groups in total. The van der Waals surface area contributed by atoms with Crippen molar-refractivity contribution < 1.29 is 0 Å². The summed E-state index contributed by atoms with van der Waals surface area (Å²) in [5, 5.41) is 5.79. The summed E-state index contributed by atoms with van der Waals surface area (Å²) in [4.78, 5) is 5.73. The Hall–Kier alpha value is -2.17. The molecule has 0 aliphatic heterocycles. The number of aryl methyl sites for hydroxylation is 2. The fourth-order valence-corrected chi connectivity index (χ4v) is 3.49. The number of nitrogens with zero attached hydrogens (tertiary/aromatic N) is 2.